The molecule has 0 unspecified atom stereocenters. The lowest BCUT2D eigenvalue weighted by atomic mass is 10.1. The molecule has 3 rings (SSSR count). The molecular weight excluding hydrogens is 304 g/mol. The van der Waals surface area contributed by atoms with Gasteiger partial charge < -0.3 is 10.1 Å². The summed E-state index contributed by atoms with van der Waals surface area (Å²) in [5, 5.41) is 3.14. The van der Waals surface area contributed by atoms with Crippen molar-refractivity contribution in [1.29, 1.82) is 0 Å². The number of imide groups is 1. The first-order chi connectivity index (χ1) is 11.7. The molecule has 124 valence electrons. The molecule has 2 aromatic rings. The fraction of sp³-hybridized carbons (Fsp3) is 0.263. The summed E-state index contributed by atoms with van der Waals surface area (Å²) in [6.07, 6.45) is 0.843. The highest BCUT2D eigenvalue weighted by molar-refractivity contribution is 6.06. The maximum Gasteiger partial charge on any atom is 0.252 e. The molecule has 0 saturated carbocycles. The molecule has 2 aromatic carbocycles. The van der Waals surface area contributed by atoms with Gasteiger partial charge in [0, 0.05) is 12.2 Å². The van der Waals surface area contributed by atoms with Gasteiger partial charge in [0.1, 0.15) is 11.8 Å². The van der Waals surface area contributed by atoms with Crippen molar-refractivity contribution in [3.8, 4) is 5.75 Å². The zero-order valence-corrected chi connectivity index (χ0v) is 13.6. The van der Waals surface area contributed by atoms with E-state index >= 15 is 0 Å². The quantitative estimate of drug-likeness (QED) is 0.829. The van der Waals surface area contributed by atoms with Crippen LogP contribution < -0.4 is 10.1 Å². The Balaban J connectivity index is 1.59. The first kappa shape index (κ1) is 16.1. The van der Waals surface area contributed by atoms with Gasteiger partial charge in [0.05, 0.1) is 13.5 Å². The molecule has 2 amide bonds. The SMILES string of the molecule is COc1ccc(CCN2C(=O)C[C@@H](Nc3ccccc3)C2=O)cc1. The van der Waals surface area contributed by atoms with Crippen LogP contribution in [0.2, 0.25) is 0 Å². The Labute approximate surface area is 141 Å². The van der Waals surface area contributed by atoms with Crippen LogP contribution in [-0.4, -0.2) is 36.4 Å². The molecule has 24 heavy (non-hydrogen) atoms. The second kappa shape index (κ2) is 7.17. The Bertz CT molecular complexity index is 713. The summed E-state index contributed by atoms with van der Waals surface area (Å²) in [6, 6.07) is 16.6. The van der Waals surface area contributed by atoms with Crippen LogP contribution in [0.1, 0.15) is 12.0 Å². The van der Waals surface area contributed by atoms with Crippen LogP contribution in [0.4, 0.5) is 5.69 Å². The number of likely N-dealkylation sites (tertiary alicyclic amines) is 1. The van der Waals surface area contributed by atoms with E-state index in [2.05, 4.69) is 5.32 Å². The lowest BCUT2D eigenvalue weighted by Gasteiger charge is -2.16. The van der Waals surface area contributed by atoms with Gasteiger partial charge in [-0.1, -0.05) is 30.3 Å². The second-order valence-corrected chi connectivity index (χ2v) is 5.75. The Morgan fingerprint density at radius 2 is 1.79 bits per heavy atom. The Morgan fingerprint density at radius 3 is 2.46 bits per heavy atom. The summed E-state index contributed by atoms with van der Waals surface area (Å²) in [7, 11) is 1.62. The van der Waals surface area contributed by atoms with Crippen molar-refractivity contribution in [2.75, 3.05) is 19.0 Å². The van der Waals surface area contributed by atoms with Crippen LogP contribution in [0.5, 0.6) is 5.75 Å². The van der Waals surface area contributed by atoms with Crippen LogP contribution in [0, 0.1) is 0 Å². The molecule has 1 saturated heterocycles. The van der Waals surface area contributed by atoms with E-state index in [0.717, 1.165) is 17.0 Å². The minimum absolute atomic E-state index is 0.123. The molecule has 1 N–H and O–H groups in total. The first-order valence-corrected chi connectivity index (χ1v) is 7.96. The number of rotatable bonds is 6. The molecule has 0 aromatic heterocycles. The molecule has 0 spiro atoms. The van der Waals surface area contributed by atoms with Crippen LogP contribution in [0.3, 0.4) is 0 Å². The van der Waals surface area contributed by atoms with Crippen molar-refractivity contribution >= 4 is 17.5 Å². The van der Waals surface area contributed by atoms with E-state index in [1.807, 2.05) is 54.6 Å². The predicted molar refractivity (Wildman–Crippen MR) is 91.9 cm³/mol. The van der Waals surface area contributed by atoms with Gasteiger partial charge in [-0.25, -0.2) is 0 Å². The van der Waals surface area contributed by atoms with Crippen molar-refractivity contribution in [3.05, 3.63) is 60.2 Å². The average molecular weight is 324 g/mol. The van der Waals surface area contributed by atoms with Crippen LogP contribution in [0.25, 0.3) is 0 Å². The van der Waals surface area contributed by atoms with Gasteiger partial charge in [-0.05, 0) is 36.2 Å². The highest BCUT2D eigenvalue weighted by atomic mass is 16.5. The van der Waals surface area contributed by atoms with Crippen molar-refractivity contribution in [2.45, 2.75) is 18.9 Å². The molecule has 5 heteroatoms. The molecule has 0 aliphatic carbocycles. The number of para-hydroxylation sites is 1. The lowest BCUT2D eigenvalue weighted by Crippen LogP contribution is -2.36. The van der Waals surface area contributed by atoms with E-state index in [0.29, 0.717) is 13.0 Å². The van der Waals surface area contributed by atoms with E-state index < -0.39 is 6.04 Å². The first-order valence-electron chi connectivity index (χ1n) is 7.96. The van der Waals surface area contributed by atoms with E-state index in [1.54, 1.807) is 7.11 Å². The summed E-state index contributed by atoms with van der Waals surface area (Å²) in [6.45, 7) is 0.400. The summed E-state index contributed by atoms with van der Waals surface area (Å²) in [5.74, 6) is 0.513. The molecule has 5 nitrogen and oxygen atoms in total. The zero-order valence-electron chi connectivity index (χ0n) is 13.6. The van der Waals surface area contributed by atoms with Crippen LogP contribution >= 0.6 is 0 Å². The number of nitrogens with zero attached hydrogens (tertiary/aromatic N) is 1. The lowest BCUT2D eigenvalue weighted by molar-refractivity contribution is -0.138. The summed E-state index contributed by atoms with van der Waals surface area (Å²) < 4.78 is 5.12. The van der Waals surface area contributed by atoms with Crippen molar-refractivity contribution in [2.24, 2.45) is 0 Å². The molecule has 1 aliphatic rings. The van der Waals surface area contributed by atoms with Gasteiger partial charge >= 0.3 is 0 Å². The van der Waals surface area contributed by atoms with Gasteiger partial charge in [-0.2, -0.15) is 0 Å². The molecule has 1 heterocycles. The van der Waals surface area contributed by atoms with Crippen molar-refractivity contribution in [3.63, 3.8) is 0 Å². The summed E-state index contributed by atoms with van der Waals surface area (Å²) >= 11 is 0. The number of benzene rings is 2. The van der Waals surface area contributed by atoms with E-state index in [9.17, 15) is 9.59 Å². The Hall–Kier alpha value is -2.82. The third kappa shape index (κ3) is 3.56. The highest BCUT2D eigenvalue weighted by Gasteiger charge is 2.38. The third-order valence-electron chi connectivity index (χ3n) is 4.14. The number of methoxy groups -OCH3 is 1. The fourth-order valence-corrected chi connectivity index (χ4v) is 2.80. The summed E-state index contributed by atoms with van der Waals surface area (Å²) in [5.41, 5.74) is 1.91. The van der Waals surface area contributed by atoms with E-state index in [-0.39, 0.29) is 18.2 Å². The third-order valence-corrected chi connectivity index (χ3v) is 4.14. The largest absolute Gasteiger partial charge is 0.497 e. The highest BCUT2D eigenvalue weighted by Crippen LogP contribution is 2.19. The number of hydrogen-bond donors (Lipinski definition) is 1. The Kier molecular flexibility index (Phi) is 4.79. The van der Waals surface area contributed by atoms with Gasteiger partial charge in [-0.3, -0.25) is 14.5 Å². The van der Waals surface area contributed by atoms with Gasteiger partial charge in [0.25, 0.3) is 5.91 Å². The molecule has 0 bridgehead atoms. The van der Waals surface area contributed by atoms with Gasteiger partial charge in [0.15, 0.2) is 0 Å². The predicted octanol–water partition coefficient (Wildman–Crippen LogP) is 2.48. The number of amides is 2. The number of anilines is 1. The topological polar surface area (TPSA) is 58.6 Å². The monoisotopic (exact) mass is 324 g/mol. The second-order valence-electron chi connectivity index (χ2n) is 5.75. The number of ether oxygens (including phenoxy) is 1. The van der Waals surface area contributed by atoms with Gasteiger partial charge in [-0.15, -0.1) is 0 Å². The number of carbonyl (C=O) groups excluding carboxylic acids is 2. The molecular formula is C19H20N2O3. The van der Waals surface area contributed by atoms with Crippen LogP contribution in [0.15, 0.2) is 54.6 Å². The average Bonchev–Trinajstić information content (AvgIpc) is 2.88. The Morgan fingerprint density at radius 1 is 1.08 bits per heavy atom. The minimum atomic E-state index is -0.476. The van der Waals surface area contributed by atoms with Crippen molar-refractivity contribution in [1.82, 2.24) is 4.90 Å². The normalized spacial score (nSPS) is 17.2. The maximum absolute atomic E-state index is 12.5. The molecule has 1 aliphatic heterocycles. The van der Waals surface area contributed by atoms with E-state index in [1.165, 1.54) is 4.90 Å². The molecule has 1 fully saturated rings. The summed E-state index contributed by atoms with van der Waals surface area (Å²) in [4.78, 5) is 26.0. The van der Waals surface area contributed by atoms with Gasteiger partial charge in [0.2, 0.25) is 5.91 Å². The zero-order chi connectivity index (χ0) is 16.9. The van der Waals surface area contributed by atoms with Crippen molar-refractivity contribution < 1.29 is 14.3 Å². The standard InChI is InChI=1S/C19H20N2O3/c1-24-16-9-7-14(8-10-16)11-12-21-18(22)13-17(19(21)23)20-15-5-3-2-4-6-15/h2-10,17,20H,11-13H2,1H3/t17-/m1/s1. The number of nitrogens with one attached hydrogen (secondary N) is 1. The van der Waals surface area contributed by atoms with E-state index in [4.69, 9.17) is 4.74 Å². The molecule has 1 atom stereocenters. The smallest absolute Gasteiger partial charge is 0.252 e. The maximum atomic E-state index is 12.5. The number of hydrogen-bond acceptors (Lipinski definition) is 4. The fourth-order valence-electron chi connectivity index (χ4n) is 2.80. The number of carbonyl (C=O) groups is 2. The molecule has 0 radical (unpaired) electrons. The van der Waals surface area contributed by atoms with Crippen LogP contribution in [-0.2, 0) is 16.0 Å². The minimum Gasteiger partial charge on any atom is -0.497 e.